The van der Waals surface area contributed by atoms with Crippen LogP contribution in [0.15, 0.2) is 54.6 Å². The van der Waals surface area contributed by atoms with E-state index in [4.69, 9.17) is 0 Å². The van der Waals surface area contributed by atoms with Gasteiger partial charge in [-0.1, -0.05) is 42.5 Å². The van der Waals surface area contributed by atoms with Crippen molar-refractivity contribution in [1.82, 2.24) is 10.2 Å². The standard InChI is InChI=1S/C25H32N4O2/c30-24(26-17-20-10-12-21(13-11-20)18-28-14-4-5-15-28)22-7-6-16-29(19-22)25(31)27-23-8-2-1-3-9-23/h1-3,8-13,22H,4-7,14-19H2,(H,26,30)(H,27,31)/p+1/t22-/m1/s1. The van der Waals surface area contributed by atoms with Crippen LogP contribution in [-0.4, -0.2) is 43.0 Å². The number of likely N-dealkylation sites (tertiary alicyclic amines) is 2. The quantitative estimate of drug-likeness (QED) is 0.671. The summed E-state index contributed by atoms with van der Waals surface area (Å²) < 4.78 is 0. The largest absolute Gasteiger partial charge is 0.352 e. The first-order valence-electron chi connectivity index (χ1n) is 11.5. The minimum Gasteiger partial charge on any atom is -0.352 e. The molecule has 6 heteroatoms. The lowest BCUT2D eigenvalue weighted by Gasteiger charge is -2.32. The van der Waals surface area contributed by atoms with Gasteiger partial charge in [0.2, 0.25) is 5.91 Å². The summed E-state index contributed by atoms with van der Waals surface area (Å²) in [6, 6.07) is 17.9. The zero-order chi connectivity index (χ0) is 21.5. The van der Waals surface area contributed by atoms with Crippen LogP contribution >= 0.6 is 0 Å². The molecule has 164 valence electrons. The monoisotopic (exact) mass is 421 g/mol. The fraction of sp³-hybridized carbons (Fsp3) is 0.440. The van der Waals surface area contributed by atoms with Crippen LogP contribution in [0.4, 0.5) is 10.5 Å². The molecule has 6 nitrogen and oxygen atoms in total. The Hall–Kier alpha value is -2.86. The summed E-state index contributed by atoms with van der Waals surface area (Å²) in [5.74, 6) is -0.129. The summed E-state index contributed by atoms with van der Waals surface area (Å²) in [6.45, 7) is 5.32. The van der Waals surface area contributed by atoms with E-state index in [1.54, 1.807) is 9.80 Å². The predicted molar refractivity (Wildman–Crippen MR) is 122 cm³/mol. The second-order valence-electron chi connectivity index (χ2n) is 8.75. The molecule has 0 aromatic heterocycles. The second-order valence-corrected chi connectivity index (χ2v) is 8.75. The van der Waals surface area contributed by atoms with Gasteiger partial charge in [-0.3, -0.25) is 4.79 Å². The molecule has 1 atom stereocenters. The molecule has 2 saturated heterocycles. The van der Waals surface area contributed by atoms with Crippen molar-refractivity contribution >= 4 is 17.6 Å². The molecule has 2 heterocycles. The molecular weight excluding hydrogens is 388 g/mol. The van der Waals surface area contributed by atoms with Crippen molar-refractivity contribution in [3.05, 3.63) is 65.7 Å². The fourth-order valence-electron chi connectivity index (χ4n) is 4.55. The number of hydrogen-bond acceptors (Lipinski definition) is 2. The van der Waals surface area contributed by atoms with Crippen LogP contribution in [0, 0.1) is 5.92 Å². The number of nitrogens with one attached hydrogen (secondary N) is 3. The fourth-order valence-corrected chi connectivity index (χ4v) is 4.55. The molecule has 0 aliphatic carbocycles. The lowest BCUT2D eigenvalue weighted by Crippen LogP contribution is -3.08. The number of benzene rings is 2. The van der Waals surface area contributed by atoms with Crippen molar-refractivity contribution in [2.24, 2.45) is 5.92 Å². The number of quaternary nitrogens is 1. The lowest BCUT2D eigenvalue weighted by molar-refractivity contribution is -0.901. The first-order valence-corrected chi connectivity index (χ1v) is 11.5. The van der Waals surface area contributed by atoms with E-state index in [9.17, 15) is 9.59 Å². The normalized spacial score (nSPS) is 19.2. The molecule has 2 aliphatic rings. The third-order valence-corrected chi connectivity index (χ3v) is 6.36. The Morgan fingerprint density at radius 1 is 0.935 bits per heavy atom. The van der Waals surface area contributed by atoms with Crippen LogP contribution in [0.2, 0.25) is 0 Å². The molecule has 2 aromatic carbocycles. The molecule has 31 heavy (non-hydrogen) atoms. The third-order valence-electron chi connectivity index (χ3n) is 6.36. The second kappa shape index (κ2) is 10.4. The number of rotatable bonds is 6. The highest BCUT2D eigenvalue weighted by atomic mass is 16.2. The van der Waals surface area contributed by atoms with Crippen LogP contribution in [0.1, 0.15) is 36.8 Å². The van der Waals surface area contributed by atoms with Gasteiger partial charge >= 0.3 is 6.03 Å². The molecule has 2 aromatic rings. The average Bonchev–Trinajstić information content (AvgIpc) is 3.32. The van der Waals surface area contributed by atoms with Crippen molar-refractivity contribution in [1.29, 1.82) is 0 Å². The molecule has 3 N–H and O–H groups in total. The zero-order valence-electron chi connectivity index (χ0n) is 18.1. The number of anilines is 1. The first-order chi connectivity index (χ1) is 15.2. The van der Waals surface area contributed by atoms with E-state index in [2.05, 4.69) is 34.9 Å². The van der Waals surface area contributed by atoms with Crippen LogP contribution in [0.3, 0.4) is 0 Å². The van der Waals surface area contributed by atoms with Gasteiger partial charge in [-0.2, -0.15) is 0 Å². The molecule has 0 saturated carbocycles. The summed E-state index contributed by atoms with van der Waals surface area (Å²) in [7, 11) is 0. The highest BCUT2D eigenvalue weighted by Crippen LogP contribution is 2.18. The minimum atomic E-state index is -0.159. The molecule has 2 fully saturated rings. The lowest BCUT2D eigenvalue weighted by atomic mass is 9.97. The van der Waals surface area contributed by atoms with Gasteiger partial charge in [0, 0.05) is 43.7 Å². The van der Waals surface area contributed by atoms with E-state index < -0.39 is 0 Å². The van der Waals surface area contributed by atoms with E-state index in [0.29, 0.717) is 19.6 Å². The topological polar surface area (TPSA) is 65.9 Å². The van der Waals surface area contributed by atoms with Crippen LogP contribution in [0.25, 0.3) is 0 Å². The minimum absolute atomic E-state index is 0.0304. The van der Waals surface area contributed by atoms with Gasteiger partial charge in [0.05, 0.1) is 19.0 Å². The smallest absolute Gasteiger partial charge is 0.321 e. The third kappa shape index (κ3) is 6.07. The highest BCUT2D eigenvalue weighted by Gasteiger charge is 2.28. The maximum atomic E-state index is 12.7. The van der Waals surface area contributed by atoms with E-state index in [-0.39, 0.29) is 17.9 Å². The number of carbonyl (C=O) groups excluding carboxylic acids is 2. The Labute approximate surface area is 184 Å². The number of nitrogens with zero attached hydrogens (tertiary/aromatic N) is 1. The van der Waals surface area contributed by atoms with E-state index in [1.807, 2.05) is 30.3 Å². The number of carbonyl (C=O) groups is 2. The van der Waals surface area contributed by atoms with Gasteiger partial charge in [0.1, 0.15) is 6.54 Å². The predicted octanol–water partition coefficient (Wildman–Crippen LogP) is 2.43. The maximum Gasteiger partial charge on any atom is 0.321 e. The SMILES string of the molecule is O=C(NCc1ccc(C[NH+]2CCCC2)cc1)[C@@H]1CCCN(C(=O)Nc2ccccc2)C1. The van der Waals surface area contributed by atoms with Gasteiger partial charge in [0.15, 0.2) is 0 Å². The maximum absolute atomic E-state index is 12.7. The van der Waals surface area contributed by atoms with Crippen molar-refractivity contribution in [2.75, 3.05) is 31.5 Å². The Kier molecular flexibility index (Phi) is 7.20. The Morgan fingerprint density at radius 3 is 2.39 bits per heavy atom. The summed E-state index contributed by atoms with van der Waals surface area (Å²) >= 11 is 0. The Balaban J connectivity index is 1.24. The zero-order valence-corrected chi connectivity index (χ0v) is 18.1. The molecule has 3 amide bonds. The van der Waals surface area contributed by atoms with Crippen LogP contribution in [0.5, 0.6) is 0 Å². The van der Waals surface area contributed by atoms with Crippen molar-refractivity contribution in [3.63, 3.8) is 0 Å². The summed E-state index contributed by atoms with van der Waals surface area (Å²) in [6.07, 6.45) is 4.34. The van der Waals surface area contributed by atoms with Crippen molar-refractivity contribution in [2.45, 2.75) is 38.8 Å². The summed E-state index contributed by atoms with van der Waals surface area (Å²) in [4.78, 5) is 28.7. The highest BCUT2D eigenvalue weighted by molar-refractivity contribution is 5.90. The molecule has 0 radical (unpaired) electrons. The first kappa shape index (κ1) is 21.4. The van der Waals surface area contributed by atoms with Gasteiger partial charge in [0.25, 0.3) is 0 Å². The molecule has 0 bridgehead atoms. The number of hydrogen-bond donors (Lipinski definition) is 3. The number of piperidine rings is 1. The summed E-state index contributed by atoms with van der Waals surface area (Å²) in [5.41, 5.74) is 3.25. The molecular formula is C25H33N4O2+. The van der Waals surface area contributed by atoms with Gasteiger partial charge < -0.3 is 20.4 Å². The van der Waals surface area contributed by atoms with Gasteiger partial charge in [-0.05, 0) is 30.5 Å². The van der Waals surface area contributed by atoms with Crippen molar-refractivity contribution < 1.29 is 14.5 Å². The molecule has 0 spiro atoms. The van der Waals surface area contributed by atoms with Gasteiger partial charge in [-0.25, -0.2) is 4.79 Å². The van der Waals surface area contributed by atoms with Crippen molar-refractivity contribution in [3.8, 4) is 0 Å². The molecule has 2 aliphatic heterocycles. The van der Waals surface area contributed by atoms with Crippen LogP contribution in [-0.2, 0) is 17.9 Å². The van der Waals surface area contributed by atoms with E-state index in [0.717, 1.165) is 30.6 Å². The number of urea groups is 1. The number of amides is 3. The molecule has 4 rings (SSSR count). The summed E-state index contributed by atoms with van der Waals surface area (Å²) in [5, 5.41) is 5.98. The number of para-hydroxylation sites is 1. The Bertz CT molecular complexity index is 863. The van der Waals surface area contributed by atoms with Gasteiger partial charge in [-0.15, -0.1) is 0 Å². The van der Waals surface area contributed by atoms with Crippen LogP contribution < -0.4 is 15.5 Å². The average molecular weight is 422 g/mol. The molecule has 0 unspecified atom stereocenters. The van der Waals surface area contributed by atoms with E-state index >= 15 is 0 Å². The van der Waals surface area contributed by atoms with E-state index in [1.165, 1.54) is 31.5 Å². The Morgan fingerprint density at radius 2 is 1.65 bits per heavy atom.